The van der Waals surface area contributed by atoms with Crippen molar-refractivity contribution in [2.45, 2.75) is 0 Å². The van der Waals surface area contributed by atoms with E-state index in [4.69, 9.17) is 30.1 Å². The predicted molar refractivity (Wildman–Crippen MR) is 27.5 cm³/mol. The maximum atomic E-state index is 9.16. The molecule has 0 spiro atoms. The van der Waals surface area contributed by atoms with Gasteiger partial charge in [0.15, 0.2) is 9.15 Å². The fourth-order valence-corrected chi connectivity index (χ4v) is 0. The van der Waals surface area contributed by atoms with Gasteiger partial charge in [-0.15, -0.1) is 0 Å². The van der Waals surface area contributed by atoms with Crippen molar-refractivity contribution in [1.82, 2.24) is 0 Å². The molecule has 12 heavy (non-hydrogen) atoms. The van der Waals surface area contributed by atoms with Crippen LogP contribution in [0.1, 0.15) is 0 Å². The van der Waals surface area contributed by atoms with Gasteiger partial charge in [0.05, 0.1) is 10.1 Å². The molecule has 0 N–H and O–H groups in total. The number of hydrogen-bond donors (Lipinski definition) is 0. The summed E-state index contributed by atoms with van der Waals surface area (Å²) in [7, 11) is -8.59. The van der Waals surface area contributed by atoms with E-state index >= 15 is 0 Å². The molecule has 0 aromatic carbocycles. The third kappa shape index (κ3) is 23.2. The van der Waals surface area contributed by atoms with Gasteiger partial charge in [-0.3, -0.25) is 4.21 Å². The zero-order valence-electron chi connectivity index (χ0n) is 6.08. The minimum absolute atomic E-state index is 0. The van der Waals surface area contributed by atoms with Crippen LogP contribution in [0.25, 0.3) is 0 Å². The van der Waals surface area contributed by atoms with Crippen molar-refractivity contribution in [3.05, 3.63) is 0 Å². The molecule has 0 rings (SSSR count). The van der Waals surface area contributed by atoms with Gasteiger partial charge in [0, 0.05) is 0 Å². The van der Waals surface area contributed by atoms with E-state index in [2.05, 4.69) is 0 Å². The molecule has 0 heterocycles. The van der Waals surface area contributed by atoms with Crippen molar-refractivity contribution in [2.75, 3.05) is 0 Å². The maximum Gasteiger partial charge on any atom is 1.00 e. The minimum atomic E-state index is -5.07. The van der Waals surface area contributed by atoms with Crippen LogP contribution in [0.2, 0.25) is 0 Å². The third-order valence-corrected chi connectivity index (χ3v) is 1.50. The van der Waals surface area contributed by atoms with Gasteiger partial charge < -0.3 is 9.11 Å². The predicted octanol–water partition coefficient (Wildman–Crippen LogP) is -8.34. The molecule has 1 unspecified atom stereocenters. The minimum Gasteiger partial charge on any atom is -0.761 e. The van der Waals surface area contributed by atoms with Crippen molar-refractivity contribution in [1.29, 1.82) is 0 Å². The van der Waals surface area contributed by atoms with Crippen LogP contribution in [-0.4, -0.2) is 30.1 Å². The summed E-state index contributed by atoms with van der Waals surface area (Å²) >= 11 is -0.750. The number of hydrogen-bond acceptors (Lipinski definition) is 7. The Morgan fingerprint density at radius 1 is 1.17 bits per heavy atom. The third-order valence-electron chi connectivity index (χ3n) is 0.167. The van der Waals surface area contributed by atoms with Crippen LogP contribution in [0.3, 0.4) is 0 Å². The van der Waals surface area contributed by atoms with Gasteiger partial charge in [-0.1, -0.05) is 0 Å². The van der Waals surface area contributed by atoms with Crippen LogP contribution in [0.4, 0.5) is 0 Å². The SMILES string of the molecule is O=S([O-])S(=O)(=O)[O-].O=S=O.[K+].[K+]. The van der Waals surface area contributed by atoms with E-state index in [9.17, 15) is 0 Å². The van der Waals surface area contributed by atoms with E-state index in [1.54, 1.807) is 0 Å². The Kier molecular flexibility index (Phi) is 28.7. The Bertz CT molecular complexity index is 233. The molecular formula is K2O7S3. The van der Waals surface area contributed by atoms with Gasteiger partial charge in [0.2, 0.25) is 0 Å². The molecule has 0 fully saturated rings. The first-order valence-corrected chi connectivity index (χ1v) is 5.00. The second-order valence-corrected chi connectivity index (χ2v) is 4.08. The normalized spacial score (nSPS) is 10.5. The fraction of sp³-hybridized carbons (Fsp3) is 0. The largest absolute Gasteiger partial charge is 1.00 e. The molecule has 12 heteroatoms. The average Bonchev–Trinajstić information content (AvgIpc) is 1.64. The summed E-state index contributed by atoms with van der Waals surface area (Å²) in [5.74, 6) is 0. The van der Waals surface area contributed by atoms with Crippen molar-refractivity contribution in [3.8, 4) is 0 Å². The number of rotatable bonds is 1. The smallest absolute Gasteiger partial charge is 0.761 e. The van der Waals surface area contributed by atoms with Crippen LogP contribution >= 0.6 is 0 Å². The van der Waals surface area contributed by atoms with Gasteiger partial charge >= 0.3 is 114 Å². The quantitative estimate of drug-likeness (QED) is 0.202. The summed E-state index contributed by atoms with van der Waals surface area (Å²) in [4.78, 5) is 0. The average molecular weight is 286 g/mol. The summed E-state index contributed by atoms with van der Waals surface area (Å²) < 4.78 is 62.3. The van der Waals surface area contributed by atoms with E-state index in [-0.39, 0.29) is 103 Å². The molecule has 0 aromatic heterocycles. The van der Waals surface area contributed by atoms with Crippen LogP contribution in [0.5, 0.6) is 0 Å². The van der Waals surface area contributed by atoms with Gasteiger partial charge in [0.1, 0.15) is 0 Å². The first-order valence-electron chi connectivity index (χ1n) is 1.33. The van der Waals surface area contributed by atoms with Gasteiger partial charge in [-0.25, -0.2) is 8.42 Å². The Morgan fingerprint density at radius 2 is 1.25 bits per heavy atom. The molecule has 0 saturated heterocycles. The first kappa shape index (κ1) is 24.4. The van der Waals surface area contributed by atoms with Crippen LogP contribution in [0.15, 0.2) is 0 Å². The van der Waals surface area contributed by atoms with Crippen LogP contribution < -0.4 is 103 Å². The monoisotopic (exact) mass is 286 g/mol. The van der Waals surface area contributed by atoms with Crippen LogP contribution in [0, 0.1) is 0 Å². The molecule has 0 radical (unpaired) electrons. The summed E-state index contributed by atoms with van der Waals surface area (Å²) in [5, 5.41) is 0. The van der Waals surface area contributed by atoms with Crippen LogP contribution in [-0.2, 0) is 30.8 Å². The maximum absolute atomic E-state index is 9.16. The molecule has 0 amide bonds. The summed E-state index contributed by atoms with van der Waals surface area (Å²) in [6.07, 6.45) is 0. The zero-order valence-corrected chi connectivity index (χ0v) is 14.8. The Labute approximate surface area is 159 Å². The topological polar surface area (TPSA) is 131 Å². The van der Waals surface area contributed by atoms with E-state index < -0.39 is 30.8 Å². The molecule has 0 aliphatic rings. The second-order valence-electron chi connectivity index (χ2n) is 0.680. The molecular weight excluding hydrogens is 286 g/mol. The molecule has 62 valence electrons. The molecule has 1 atom stereocenters. The van der Waals surface area contributed by atoms with Gasteiger partial charge in [-0.05, 0) is 0 Å². The fourth-order valence-electron chi connectivity index (χ4n) is 0. The van der Waals surface area contributed by atoms with E-state index in [1.807, 2.05) is 0 Å². The molecule has 0 aliphatic heterocycles. The molecule has 0 bridgehead atoms. The molecule has 7 nitrogen and oxygen atoms in total. The summed E-state index contributed by atoms with van der Waals surface area (Å²) in [6.45, 7) is 0. The van der Waals surface area contributed by atoms with Crippen molar-refractivity contribution < 1.29 is 133 Å². The Morgan fingerprint density at radius 3 is 1.25 bits per heavy atom. The standard InChI is InChI=1S/2K.H2O5S2.O2S/c;;1-6(2)7(3,4)5;1-3-2/h;;(H,1,2)(H,3,4,5);/q2*+1;;/p-2. The van der Waals surface area contributed by atoms with Crippen molar-refractivity contribution in [3.63, 3.8) is 0 Å². The summed E-state index contributed by atoms with van der Waals surface area (Å²) in [6, 6.07) is 0. The zero-order chi connectivity index (χ0) is 8.78. The van der Waals surface area contributed by atoms with Gasteiger partial charge in [-0.2, -0.15) is 8.42 Å². The summed E-state index contributed by atoms with van der Waals surface area (Å²) in [5.41, 5.74) is 0. The van der Waals surface area contributed by atoms with E-state index in [0.29, 0.717) is 0 Å². The molecule has 0 aromatic rings. The second kappa shape index (κ2) is 14.1. The van der Waals surface area contributed by atoms with Crippen molar-refractivity contribution in [2.24, 2.45) is 0 Å². The Hall–Kier alpha value is 3.11. The van der Waals surface area contributed by atoms with Crippen molar-refractivity contribution >= 4 is 30.8 Å². The van der Waals surface area contributed by atoms with E-state index in [1.165, 1.54) is 0 Å². The first-order chi connectivity index (χ1) is 4.36. The molecule has 0 saturated carbocycles. The van der Waals surface area contributed by atoms with Gasteiger partial charge in [0.25, 0.3) is 0 Å². The molecule has 0 aliphatic carbocycles. The Balaban J connectivity index is -0.0000000569. The van der Waals surface area contributed by atoms with E-state index in [0.717, 1.165) is 0 Å².